The number of imidazole rings is 1. The first-order valence-electron chi connectivity index (χ1n) is 7.76. The first-order valence-corrected chi connectivity index (χ1v) is 7.76. The number of para-hydroxylation sites is 2. The fourth-order valence-electron chi connectivity index (χ4n) is 3.55. The van der Waals surface area contributed by atoms with Crippen LogP contribution in [0, 0.1) is 5.41 Å². The van der Waals surface area contributed by atoms with Gasteiger partial charge in [0.05, 0.1) is 11.0 Å². The van der Waals surface area contributed by atoms with Crippen LogP contribution < -0.4 is 5.73 Å². The van der Waals surface area contributed by atoms with Crippen LogP contribution >= 0.6 is 0 Å². The van der Waals surface area contributed by atoms with E-state index in [1.165, 1.54) is 37.6 Å². The molecule has 108 valence electrons. The fraction of sp³-hybridized carbons (Fsp3) is 0.588. The Bertz CT molecular complexity index is 593. The van der Waals surface area contributed by atoms with E-state index in [-0.39, 0.29) is 11.5 Å². The summed E-state index contributed by atoms with van der Waals surface area (Å²) in [5.74, 6) is 1.12. The minimum absolute atomic E-state index is 0.207. The van der Waals surface area contributed by atoms with Crippen LogP contribution in [0.15, 0.2) is 24.3 Å². The largest absolute Gasteiger partial charge is 0.331 e. The Kier molecular flexibility index (Phi) is 3.55. The van der Waals surface area contributed by atoms with Gasteiger partial charge in [-0.15, -0.1) is 0 Å². The number of aryl methyl sites for hydroxylation is 1. The van der Waals surface area contributed by atoms with E-state index in [4.69, 9.17) is 10.7 Å². The third-order valence-corrected chi connectivity index (χ3v) is 5.17. The monoisotopic (exact) mass is 271 g/mol. The molecule has 0 aliphatic heterocycles. The highest BCUT2D eigenvalue weighted by molar-refractivity contribution is 5.75. The molecule has 3 heteroatoms. The smallest absolute Gasteiger partial charge is 0.111 e. The van der Waals surface area contributed by atoms with Gasteiger partial charge in [-0.1, -0.05) is 38.3 Å². The molecule has 3 rings (SSSR count). The normalized spacial score (nSPS) is 20.1. The van der Waals surface area contributed by atoms with Gasteiger partial charge in [0.1, 0.15) is 5.82 Å². The van der Waals surface area contributed by atoms with Gasteiger partial charge in [-0.05, 0) is 30.4 Å². The molecule has 1 aromatic heterocycles. The standard InChI is InChI=1S/C17H25N3/c1-17(10-6-3-7-11-17)15(18)12-16-19-13-8-4-5-9-14(13)20(16)2/h4-5,8-9,15H,3,6-7,10-12,18H2,1-2H3. The third kappa shape index (κ3) is 2.35. The molecule has 1 unspecified atom stereocenters. The summed E-state index contributed by atoms with van der Waals surface area (Å²) in [6.45, 7) is 2.36. The van der Waals surface area contributed by atoms with Crippen molar-refractivity contribution in [1.82, 2.24) is 9.55 Å². The number of aromatic nitrogens is 2. The van der Waals surface area contributed by atoms with Crippen LogP contribution in [0.5, 0.6) is 0 Å². The Morgan fingerprint density at radius 2 is 1.95 bits per heavy atom. The summed E-state index contributed by atoms with van der Waals surface area (Å²) in [7, 11) is 2.10. The topological polar surface area (TPSA) is 43.8 Å². The number of nitrogens with zero attached hydrogens (tertiary/aromatic N) is 2. The molecular weight excluding hydrogens is 246 g/mol. The maximum absolute atomic E-state index is 6.55. The second-order valence-corrected chi connectivity index (χ2v) is 6.60. The molecule has 2 aromatic rings. The predicted octanol–water partition coefficient (Wildman–Crippen LogP) is 3.41. The van der Waals surface area contributed by atoms with Crippen LogP contribution in [-0.2, 0) is 13.5 Å². The SMILES string of the molecule is Cn1c(CC(N)C2(C)CCCCC2)nc2ccccc21. The lowest BCUT2D eigenvalue weighted by atomic mass is 9.70. The first-order chi connectivity index (χ1) is 9.60. The van der Waals surface area contributed by atoms with E-state index in [1.807, 2.05) is 6.07 Å². The first kappa shape index (κ1) is 13.6. The molecule has 1 saturated carbocycles. The molecule has 0 bridgehead atoms. The summed E-state index contributed by atoms with van der Waals surface area (Å²) < 4.78 is 2.20. The predicted molar refractivity (Wildman–Crippen MR) is 83.6 cm³/mol. The van der Waals surface area contributed by atoms with Crippen LogP contribution in [-0.4, -0.2) is 15.6 Å². The molecule has 1 aliphatic carbocycles. The molecule has 3 nitrogen and oxygen atoms in total. The van der Waals surface area contributed by atoms with E-state index < -0.39 is 0 Å². The van der Waals surface area contributed by atoms with Crippen molar-refractivity contribution in [3.63, 3.8) is 0 Å². The Balaban J connectivity index is 1.83. The molecule has 0 spiro atoms. The average Bonchev–Trinajstić information content (AvgIpc) is 2.77. The molecule has 2 N–H and O–H groups in total. The molecule has 0 radical (unpaired) electrons. The fourth-order valence-corrected chi connectivity index (χ4v) is 3.55. The summed E-state index contributed by atoms with van der Waals surface area (Å²) in [5, 5.41) is 0. The highest BCUT2D eigenvalue weighted by atomic mass is 15.1. The molecule has 1 aliphatic rings. The number of nitrogens with two attached hydrogens (primary N) is 1. The van der Waals surface area contributed by atoms with Gasteiger partial charge >= 0.3 is 0 Å². The molecule has 0 saturated heterocycles. The molecule has 1 aromatic carbocycles. The number of hydrogen-bond acceptors (Lipinski definition) is 2. The summed E-state index contributed by atoms with van der Waals surface area (Å²) in [5.41, 5.74) is 9.11. The highest BCUT2D eigenvalue weighted by Crippen LogP contribution is 2.39. The molecular formula is C17H25N3. The van der Waals surface area contributed by atoms with E-state index in [9.17, 15) is 0 Å². The average molecular weight is 271 g/mol. The van der Waals surface area contributed by atoms with Gasteiger partial charge in [0.25, 0.3) is 0 Å². The maximum atomic E-state index is 6.55. The Morgan fingerprint density at radius 1 is 1.25 bits per heavy atom. The van der Waals surface area contributed by atoms with Gasteiger partial charge in [0, 0.05) is 19.5 Å². The van der Waals surface area contributed by atoms with E-state index in [2.05, 4.69) is 36.7 Å². The molecule has 1 atom stereocenters. The Labute approximate surface area is 121 Å². The molecule has 0 amide bonds. The van der Waals surface area contributed by atoms with Crippen LogP contribution in [0.25, 0.3) is 11.0 Å². The number of fused-ring (bicyclic) bond motifs is 1. The van der Waals surface area contributed by atoms with Crippen molar-refractivity contribution in [2.75, 3.05) is 0 Å². The van der Waals surface area contributed by atoms with Gasteiger partial charge in [-0.2, -0.15) is 0 Å². The molecule has 1 heterocycles. The van der Waals surface area contributed by atoms with Gasteiger partial charge in [-0.25, -0.2) is 4.98 Å². The summed E-state index contributed by atoms with van der Waals surface area (Å²) in [6.07, 6.45) is 7.42. The lowest BCUT2D eigenvalue weighted by Gasteiger charge is -2.38. The molecule has 20 heavy (non-hydrogen) atoms. The third-order valence-electron chi connectivity index (χ3n) is 5.17. The maximum Gasteiger partial charge on any atom is 0.111 e. The van der Waals surface area contributed by atoms with Gasteiger partial charge < -0.3 is 10.3 Å². The van der Waals surface area contributed by atoms with E-state index >= 15 is 0 Å². The van der Waals surface area contributed by atoms with Crippen molar-refractivity contribution in [2.24, 2.45) is 18.2 Å². The van der Waals surface area contributed by atoms with Crippen molar-refractivity contribution >= 4 is 11.0 Å². The minimum Gasteiger partial charge on any atom is -0.331 e. The quantitative estimate of drug-likeness (QED) is 0.929. The van der Waals surface area contributed by atoms with Crippen molar-refractivity contribution in [1.29, 1.82) is 0 Å². The number of rotatable bonds is 3. The summed E-state index contributed by atoms with van der Waals surface area (Å²) >= 11 is 0. The summed E-state index contributed by atoms with van der Waals surface area (Å²) in [6, 6.07) is 8.52. The Morgan fingerprint density at radius 3 is 2.65 bits per heavy atom. The zero-order valence-corrected chi connectivity index (χ0v) is 12.6. The second kappa shape index (κ2) is 5.21. The zero-order valence-electron chi connectivity index (χ0n) is 12.6. The summed E-state index contributed by atoms with van der Waals surface area (Å²) in [4.78, 5) is 4.76. The van der Waals surface area contributed by atoms with Crippen molar-refractivity contribution in [3.05, 3.63) is 30.1 Å². The van der Waals surface area contributed by atoms with Gasteiger partial charge in [0.2, 0.25) is 0 Å². The van der Waals surface area contributed by atoms with Crippen LogP contribution in [0.4, 0.5) is 0 Å². The van der Waals surface area contributed by atoms with Crippen LogP contribution in [0.3, 0.4) is 0 Å². The van der Waals surface area contributed by atoms with Crippen molar-refractivity contribution < 1.29 is 0 Å². The molecule has 1 fully saturated rings. The number of hydrogen-bond donors (Lipinski definition) is 1. The highest BCUT2D eigenvalue weighted by Gasteiger charge is 2.33. The second-order valence-electron chi connectivity index (χ2n) is 6.60. The van der Waals surface area contributed by atoms with Crippen molar-refractivity contribution in [3.8, 4) is 0 Å². The number of benzene rings is 1. The van der Waals surface area contributed by atoms with E-state index in [0.29, 0.717) is 0 Å². The van der Waals surface area contributed by atoms with Crippen molar-refractivity contribution in [2.45, 2.75) is 51.5 Å². The Hall–Kier alpha value is -1.35. The minimum atomic E-state index is 0.207. The van der Waals surface area contributed by atoms with Crippen LogP contribution in [0.2, 0.25) is 0 Å². The van der Waals surface area contributed by atoms with Gasteiger partial charge in [-0.3, -0.25) is 0 Å². The lowest BCUT2D eigenvalue weighted by molar-refractivity contribution is 0.167. The van der Waals surface area contributed by atoms with Crippen LogP contribution in [0.1, 0.15) is 44.9 Å². The lowest BCUT2D eigenvalue weighted by Crippen LogP contribution is -2.43. The zero-order chi connectivity index (χ0) is 14.2. The van der Waals surface area contributed by atoms with E-state index in [0.717, 1.165) is 17.8 Å². The van der Waals surface area contributed by atoms with Gasteiger partial charge in [0.15, 0.2) is 0 Å². The van der Waals surface area contributed by atoms with E-state index in [1.54, 1.807) is 0 Å².